The van der Waals surface area contributed by atoms with E-state index in [9.17, 15) is 20.1 Å². The molecule has 0 aliphatic carbocycles. The number of aliphatic hydroxyl groups is 4. The molecule has 0 aromatic rings. The Morgan fingerprint density at radius 1 is 1.25 bits per heavy atom. The minimum Gasteiger partial charge on any atom is -0.394 e. The lowest BCUT2D eigenvalue weighted by atomic mass is 9.98. The molecule has 0 saturated carbocycles. The van der Waals surface area contributed by atoms with Gasteiger partial charge in [-0.1, -0.05) is 0 Å². The molecular weight excluding hydrogens is 220 g/mol. The van der Waals surface area contributed by atoms with E-state index in [1.807, 2.05) is 0 Å². The normalized spacial score (nSPS) is 39.2. The summed E-state index contributed by atoms with van der Waals surface area (Å²) < 4.78 is 5.02. The van der Waals surface area contributed by atoms with Crippen LogP contribution in [0.3, 0.4) is 0 Å². The summed E-state index contributed by atoms with van der Waals surface area (Å²) in [5.41, 5.74) is 0. The first-order chi connectivity index (χ1) is 7.51. The number of rotatable bonds is 2. The zero-order valence-electron chi connectivity index (χ0n) is 8.70. The van der Waals surface area contributed by atoms with Crippen LogP contribution in [0.1, 0.15) is 0 Å². The maximum absolute atomic E-state index is 11.0. The first-order valence-electron chi connectivity index (χ1n) is 4.80. The van der Waals surface area contributed by atoms with Crippen molar-refractivity contribution in [2.24, 2.45) is 0 Å². The number of hydrogen-bond acceptors (Lipinski definition) is 6. The minimum absolute atomic E-state index is 0.531. The summed E-state index contributed by atoms with van der Waals surface area (Å²) in [6.07, 6.45) is -6.60. The van der Waals surface area contributed by atoms with Gasteiger partial charge in [0.05, 0.1) is 6.61 Å². The fourth-order valence-electron chi connectivity index (χ4n) is 1.42. The molecule has 0 aromatic heterocycles. The zero-order chi connectivity index (χ0) is 12.3. The van der Waals surface area contributed by atoms with Crippen LogP contribution >= 0.6 is 0 Å². The third-order valence-electron chi connectivity index (χ3n) is 2.39. The Kier molecular flexibility index (Phi) is 4.44. The van der Waals surface area contributed by atoms with Crippen molar-refractivity contribution in [1.29, 1.82) is 0 Å². The summed E-state index contributed by atoms with van der Waals surface area (Å²) in [4.78, 5) is 11.0. The van der Waals surface area contributed by atoms with Crippen molar-refractivity contribution in [2.45, 2.75) is 30.6 Å². The molecule has 1 fully saturated rings. The average molecular weight is 236 g/mol. The van der Waals surface area contributed by atoms with Crippen LogP contribution in [-0.4, -0.2) is 70.8 Å². The number of nitrogens with one attached hydrogen (secondary N) is 2. The maximum atomic E-state index is 11.0. The van der Waals surface area contributed by atoms with Gasteiger partial charge < -0.3 is 35.8 Å². The summed E-state index contributed by atoms with van der Waals surface area (Å²) in [5, 5.41) is 41.7. The molecule has 1 saturated heterocycles. The van der Waals surface area contributed by atoms with Crippen molar-refractivity contribution in [3.05, 3.63) is 0 Å². The Labute approximate surface area is 91.8 Å². The number of ether oxygens (including phenoxy) is 1. The Morgan fingerprint density at radius 3 is 2.38 bits per heavy atom. The predicted molar refractivity (Wildman–Crippen MR) is 51.4 cm³/mol. The van der Waals surface area contributed by atoms with Gasteiger partial charge >= 0.3 is 6.03 Å². The highest BCUT2D eigenvalue weighted by Crippen LogP contribution is 2.19. The molecule has 0 spiro atoms. The van der Waals surface area contributed by atoms with Crippen LogP contribution in [0.5, 0.6) is 0 Å². The first-order valence-corrected chi connectivity index (χ1v) is 4.80. The van der Waals surface area contributed by atoms with E-state index < -0.39 is 43.3 Å². The van der Waals surface area contributed by atoms with Crippen molar-refractivity contribution >= 4 is 6.03 Å². The van der Waals surface area contributed by atoms with E-state index in [-0.39, 0.29) is 0 Å². The lowest BCUT2D eigenvalue weighted by molar-refractivity contribution is -0.233. The fraction of sp³-hybridized carbons (Fsp3) is 0.875. The summed E-state index contributed by atoms with van der Waals surface area (Å²) in [5.74, 6) is 0. The van der Waals surface area contributed by atoms with Crippen LogP contribution < -0.4 is 10.6 Å². The first kappa shape index (κ1) is 13.1. The molecule has 8 heteroatoms. The van der Waals surface area contributed by atoms with E-state index >= 15 is 0 Å². The van der Waals surface area contributed by atoms with Gasteiger partial charge in [0, 0.05) is 7.05 Å². The van der Waals surface area contributed by atoms with Crippen LogP contribution in [0.25, 0.3) is 0 Å². The van der Waals surface area contributed by atoms with Gasteiger partial charge in [-0.2, -0.15) is 0 Å². The molecule has 16 heavy (non-hydrogen) atoms. The summed E-state index contributed by atoms with van der Waals surface area (Å²) >= 11 is 0. The van der Waals surface area contributed by atoms with Gasteiger partial charge in [0.25, 0.3) is 0 Å². The van der Waals surface area contributed by atoms with Gasteiger partial charge in [0.1, 0.15) is 24.4 Å². The standard InChI is InChI=1S/C8H16N2O6/c1-9-8(15)10-7-6(14)5(13)4(12)3(2-11)16-7/h3-7,11-14H,2H2,1H3,(H2,9,10,15)/t3-,4+,5+,6+,7+/m0/s1. The second-order valence-electron chi connectivity index (χ2n) is 3.47. The molecule has 8 nitrogen and oxygen atoms in total. The largest absolute Gasteiger partial charge is 0.394 e. The number of amides is 2. The van der Waals surface area contributed by atoms with Gasteiger partial charge in [-0.05, 0) is 0 Å². The molecule has 0 unspecified atom stereocenters. The van der Waals surface area contributed by atoms with Gasteiger partial charge in [0.2, 0.25) is 0 Å². The van der Waals surface area contributed by atoms with Gasteiger partial charge in [-0.25, -0.2) is 4.79 Å². The lowest BCUT2D eigenvalue weighted by Gasteiger charge is -2.39. The van der Waals surface area contributed by atoms with E-state index in [1.165, 1.54) is 7.05 Å². The smallest absolute Gasteiger partial charge is 0.316 e. The molecular formula is C8H16N2O6. The third-order valence-corrected chi connectivity index (χ3v) is 2.39. The predicted octanol–water partition coefficient (Wildman–Crippen LogP) is -3.28. The highest BCUT2D eigenvalue weighted by molar-refractivity contribution is 5.73. The van der Waals surface area contributed by atoms with E-state index in [0.29, 0.717) is 0 Å². The number of urea groups is 1. The number of aliphatic hydroxyl groups excluding tert-OH is 4. The van der Waals surface area contributed by atoms with Crippen LogP contribution in [0.2, 0.25) is 0 Å². The molecule has 5 atom stereocenters. The highest BCUT2D eigenvalue weighted by atomic mass is 16.6. The highest BCUT2D eigenvalue weighted by Gasteiger charge is 2.43. The molecule has 0 radical (unpaired) electrons. The Balaban J connectivity index is 2.67. The third kappa shape index (κ3) is 2.60. The van der Waals surface area contributed by atoms with Crippen LogP contribution in [0.4, 0.5) is 4.79 Å². The Bertz CT molecular complexity index is 249. The van der Waals surface area contributed by atoms with Gasteiger partial charge in [-0.3, -0.25) is 0 Å². The number of hydrogen-bond donors (Lipinski definition) is 6. The number of carbonyl (C=O) groups is 1. The summed E-state index contributed by atoms with van der Waals surface area (Å²) in [7, 11) is 1.37. The van der Waals surface area contributed by atoms with Gasteiger partial charge in [-0.15, -0.1) is 0 Å². The fourth-order valence-corrected chi connectivity index (χ4v) is 1.42. The van der Waals surface area contributed by atoms with Crippen molar-refractivity contribution in [2.75, 3.05) is 13.7 Å². The van der Waals surface area contributed by atoms with Crippen LogP contribution in [0, 0.1) is 0 Å². The molecule has 2 amide bonds. The zero-order valence-corrected chi connectivity index (χ0v) is 8.70. The molecule has 1 heterocycles. The second kappa shape index (κ2) is 5.41. The Morgan fingerprint density at radius 2 is 1.88 bits per heavy atom. The van der Waals surface area contributed by atoms with Crippen molar-refractivity contribution < 1.29 is 30.0 Å². The molecule has 94 valence electrons. The SMILES string of the molecule is CNC(=O)N[C@@H]1O[C@@H](CO)[C@@H](O)[C@@H](O)[C@H]1O. The van der Waals surface area contributed by atoms with E-state index in [4.69, 9.17) is 9.84 Å². The van der Waals surface area contributed by atoms with E-state index in [2.05, 4.69) is 10.6 Å². The van der Waals surface area contributed by atoms with Crippen molar-refractivity contribution in [1.82, 2.24) is 10.6 Å². The molecule has 1 aliphatic rings. The molecule has 1 rings (SSSR count). The average Bonchev–Trinajstić information content (AvgIpc) is 2.29. The summed E-state index contributed by atoms with van der Waals surface area (Å²) in [6, 6.07) is -0.607. The molecule has 0 aromatic carbocycles. The number of carbonyl (C=O) groups excluding carboxylic acids is 1. The lowest BCUT2D eigenvalue weighted by Crippen LogP contribution is -2.63. The van der Waals surface area contributed by atoms with E-state index in [0.717, 1.165) is 0 Å². The monoisotopic (exact) mass is 236 g/mol. The molecule has 0 bridgehead atoms. The summed E-state index contributed by atoms with van der Waals surface area (Å²) in [6.45, 7) is -0.531. The maximum Gasteiger partial charge on any atom is 0.316 e. The Hall–Kier alpha value is -0.930. The minimum atomic E-state index is -1.49. The van der Waals surface area contributed by atoms with Crippen LogP contribution in [-0.2, 0) is 4.74 Å². The van der Waals surface area contributed by atoms with Crippen molar-refractivity contribution in [3.63, 3.8) is 0 Å². The van der Waals surface area contributed by atoms with Gasteiger partial charge in [0.15, 0.2) is 6.23 Å². The topological polar surface area (TPSA) is 131 Å². The molecule has 1 aliphatic heterocycles. The van der Waals surface area contributed by atoms with Crippen LogP contribution in [0.15, 0.2) is 0 Å². The van der Waals surface area contributed by atoms with E-state index in [1.54, 1.807) is 0 Å². The van der Waals surface area contributed by atoms with Crippen molar-refractivity contribution in [3.8, 4) is 0 Å². The molecule has 6 N–H and O–H groups in total. The second-order valence-corrected chi connectivity index (χ2v) is 3.47. The quantitative estimate of drug-likeness (QED) is 0.298.